The molecular weight excluding hydrogens is 318 g/mol. The quantitative estimate of drug-likeness (QED) is 0.485. The van der Waals surface area contributed by atoms with E-state index in [1.54, 1.807) is 28.9 Å². The lowest BCUT2D eigenvalue weighted by Crippen LogP contribution is -1.99. The normalized spacial score (nSPS) is 10.8. The molecule has 0 aliphatic heterocycles. The number of hydrogen-bond acceptors (Lipinski definition) is 1. The second-order valence-electron chi connectivity index (χ2n) is 5.68. The van der Waals surface area contributed by atoms with Gasteiger partial charge in [-0.1, -0.05) is 30.3 Å². The lowest BCUT2D eigenvalue weighted by molar-refractivity contribution is 0.626. The van der Waals surface area contributed by atoms with Crippen LogP contribution in [0.4, 0.5) is 8.78 Å². The van der Waals surface area contributed by atoms with Crippen LogP contribution in [0.3, 0.4) is 0 Å². The maximum absolute atomic E-state index is 13.3. The van der Waals surface area contributed by atoms with E-state index in [9.17, 15) is 8.78 Å². The van der Waals surface area contributed by atoms with Gasteiger partial charge in [0.2, 0.25) is 0 Å². The van der Waals surface area contributed by atoms with Crippen molar-refractivity contribution in [1.29, 1.82) is 0 Å². The van der Waals surface area contributed by atoms with Gasteiger partial charge in [-0.05, 0) is 54.6 Å². The van der Waals surface area contributed by atoms with Crippen molar-refractivity contribution in [2.24, 2.45) is 0 Å². The molecule has 1 aromatic heterocycles. The fourth-order valence-electron chi connectivity index (χ4n) is 2.74. The average Bonchev–Trinajstić information content (AvgIpc) is 3.09. The summed E-state index contributed by atoms with van der Waals surface area (Å²) in [5.74, 6) is -0.595. The Morgan fingerprint density at radius 3 is 1.88 bits per heavy atom. The highest BCUT2D eigenvalue weighted by molar-refractivity contribution is 5.70. The second-order valence-corrected chi connectivity index (χ2v) is 5.68. The minimum atomic E-state index is -0.303. The van der Waals surface area contributed by atoms with Gasteiger partial charge in [-0.25, -0.2) is 13.5 Å². The summed E-state index contributed by atoms with van der Waals surface area (Å²) in [6.45, 7) is 0. The van der Waals surface area contributed by atoms with Crippen LogP contribution < -0.4 is 0 Å². The van der Waals surface area contributed by atoms with E-state index >= 15 is 0 Å². The van der Waals surface area contributed by atoms with E-state index in [2.05, 4.69) is 5.10 Å². The molecule has 1 heterocycles. The van der Waals surface area contributed by atoms with Gasteiger partial charge in [0.15, 0.2) is 0 Å². The second kappa shape index (κ2) is 6.32. The molecule has 0 saturated carbocycles. The van der Waals surface area contributed by atoms with E-state index in [1.165, 1.54) is 24.3 Å². The Hall–Kier alpha value is -3.27. The van der Waals surface area contributed by atoms with Crippen molar-refractivity contribution >= 4 is 0 Å². The summed E-state index contributed by atoms with van der Waals surface area (Å²) in [7, 11) is 0. The molecular formula is C21H14F2N2. The van der Waals surface area contributed by atoms with Gasteiger partial charge in [-0.15, -0.1) is 0 Å². The van der Waals surface area contributed by atoms with E-state index < -0.39 is 0 Å². The summed E-state index contributed by atoms with van der Waals surface area (Å²) in [5.41, 5.74) is 4.16. The molecule has 0 N–H and O–H groups in total. The molecule has 0 fully saturated rings. The summed E-state index contributed by atoms with van der Waals surface area (Å²) in [4.78, 5) is 0. The third-order valence-electron chi connectivity index (χ3n) is 3.99. The topological polar surface area (TPSA) is 17.8 Å². The van der Waals surface area contributed by atoms with Gasteiger partial charge in [0.05, 0.1) is 17.1 Å². The Kier molecular flexibility index (Phi) is 3.86. The molecule has 0 amide bonds. The Balaban J connectivity index is 1.89. The van der Waals surface area contributed by atoms with Gasteiger partial charge in [0.1, 0.15) is 11.6 Å². The van der Waals surface area contributed by atoms with Crippen LogP contribution in [-0.4, -0.2) is 9.78 Å². The van der Waals surface area contributed by atoms with E-state index in [4.69, 9.17) is 0 Å². The first-order valence-electron chi connectivity index (χ1n) is 7.88. The van der Waals surface area contributed by atoms with Crippen LogP contribution >= 0.6 is 0 Å². The highest BCUT2D eigenvalue weighted by Gasteiger charge is 2.13. The molecule has 0 spiro atoms. The van der Waals surface area contributed by atoms with Crippen molar-refractivity contribution in [3.8, 4) is 28.2 Å². The molecule has 0 aliphatic carbocycles. The van der Waals surface area contributed by atoms with Crippen molar-refractivity contribution < 1.29 is 8.78 Å². The van der Waals surface area contributed by atoms with Crippen molar-refractivity contribution in [3.05, 3.63) is 96.6 Å². The molecule has 0 aliphatic rings. The molecule has 0 radical (unpaired) electrons. The molecule has 122 valence electrons. The zero-order chi connectivity index (χ0) is 17.2. The standard InChI is InChI=1S/C21H14F2N2/c22-17-8-6-16(7-9-17)21-14-20(15-4-2-1-3-5-15)24-25(21)19-12-10-18(23)11-13-19/h1-14H. The highest BCUT2D eigenvalue weighted by atomic mass is 19.1. The number of nitrogens with zero attached hydrogens (tertiary/aromatic N) is 2. The van der Waals surface area contributed by atoms with Crippen LogP contribution in [0, 0.1) is 11.6 Å². The Labute approximate surface area is 144 Å². The summed E-state index contributed by atoms with van der Waals surface area (Å²) in [5, 5.41) is 4.68. The van der Waals surface area contributed by atoms with Gasteiger partial charge in [-0.2, -0.15) is 5.10 Å². The fourth-order valence-corrected chi connectivity index (χ4v) is 2.74. The minimum Gasteiger partial charge on any atom is -0.232 e. The molecule has 0 bridgehead atoms. The first-order chi connectivity index (χ1) is 12.2. The number of aromatic nitrogens is 2. The molecule has 4 heteroatoms. The Morgan fingerprint density at radius 2 is 1.24 bits per heavy atom. The zero-order valence-electron chi connectivity index (χ0n) is 13.2. The van der Waals surface area contributed by atoms with Crippen molar-refractivity contribution in [2.75, 3.05) is 0 Å². The predicted molar refractivity (Wildman–Crippen MR) is 94.4 cm³/mol. The maximum atomic E-state index is 13.3. The van der Waals surface area contributed by atoms with Gasteiger partial charge in [0, 0.05) is 11.1 Å². The predicted octanol–water partition coefficient (Wildman–Crippen LogP) is 5.48. The summed E-state index contributed by atoms with van der Waals surface area (Å²) in [6.07, 6.45) is 0. The third-order valence-corrected chi connectivity index (χ3v) is 3.99. The van der Waals surface area contributed by atoms with Crippen LogP contribution in [0.2, 0.25) is 0 Å². The van der Waals surface area contributed by atoms with Gasteiger partial charge < -0.3 is 0 Å². The van der Waals surface area contributed by atoms with Gasteiger partial charge in [-0.3, -0.25) is 0 Å². The fraction of sp³-hybridized carbons (Fsp3) is 0. The molecule has 0 unspecified atom stereocenters. The van der Waals surface area contributed by atoms with E-state index in [0.717, 1.165) is 28.2 Å². The molecule has 0 atom stereocenters. The monoisotopic (exact) mass is 332 g/mol. The molecule has 4 rings (SSSR count). The van der Waals surface area contributed by atoms with Crippen LogP contribution in [-0.2, 0) is 0 Å². The molecule has 0 saturated heterocycles. The first-order valence-corrected chi connectivity index (χ1v) is 7.88. The molecule has 4 aromatic rings. The van der Waals surface area contributed by atoms with Crippen LogP contribution in [0.15, 0.2) is 84.9 Å². The Bertz CT molecular complexity index is 926. The Morgan fingerprint density at radius 1 is 0.640 bits per heavy atom. The number of halogens is 2. The summed E-state index contributed by atoms with van der Waals surface area (Å²) < 4.78 is 28.3. The maximum Gasteiger partial charge on any atom is 0.123 e. The summed E-state index contributed by atoms with van der Waals surface area (Å²) in [6, 6.07) is 24.1. The van der Waals surface area contributed by atoms with Crippen LogP contribution in [0.25, 0.3) is 28.2 Å². The highest BCUT2D eigenvalue weighted by Crippen LogP contribution is 2.28. The van der Waals surface area contributed by atoms with Gasteiger partial charge in [0.25, 0.3) is 0 Å². The number of hydrogen-bond donors (Lipinski definition) is 0. The number of rotatable bonds is 3. The largest absolute Gasteiger partial charge is 0.232 e. The van der Waals surface area contributed by atoms with Gasteiger partial charge >= 0.3 is 0 Å². The minimum absolute atomic E-state index is 0.292. The van der Waals surface area contributed by atoms with Crippen LogP contribution in [0.1, 0.15) is 0 Å². The van der Waals surface area contributed by atoms with Crippen molar-refractivity contribution in [3.63, 3.8) is 0 Å². The number of benzene rings is 3. The average molecular weight is 332 g/mol. The van der Waals surface area contributed by atoms with E-state index in [-0.39, 0.29) is 11.6 Å². The lowest BCUT2D eigenvalue weighted by Gasteiger charge is -2.07. The van der Waals surface area contributed by atoms with Crippen molar-refractivity contribution in [1.82, 2.24) is 9.78 Å². The van der Waals surface area contributed by atoms with E-state index in [0.29, 0.717) is 0 Å². The lowest BCUT2D eigenvalue weighted by atomic mass is 10.1. The molecule has 3 aromatic carbocycles. The van der Waals surface area contributed by atoms with Crippen molar-refractivity contribution in [2.45, 2.75) is 0 Å². The van der Waals surface area contributed by atoms with E-state index in [1.807, 2.05) is 36.4 Å². The smallest absolute Gasteiger partial charge is 0.123 e. The first kappa shape index (κ1) is 15.3. The zero-order valence-corrected chi connectivity index (χ0v) is 13.2. The third kappa shape index (κ3) is 3.06. The van der Waals surface area contributed by atoms with Crippen LogP contribution in [0.5, 0.6) is 0 Å². The molecule has 25 heavy (non-hydrogen) atoms. The summed E-state index contributed by atoms with van der Waals surface area (Å²) >= 11 is 0. The SMILES string of the molecule is Fc1ccc(-c2cc(-c3ccccc3)nn2-c2ccc(F)cc2)cc1. The molecule has 2 nitrogen and oxygen atoms in total.